The molecule has 0 spiro atoms. The second-order valence-corrected chi connectivity index (χ2v) is 10.3. The van der Waals surface area contributed by atoms with Crippen LogP contribution in [0.25, 0.3) is 17.2 Å². The van der Waals surface area contributed by atoms with Crippen LogP contribution in [-0.2, 0) is 11.3 Å². The lowest BCUT2D eigenvalue weighted by molar-refractivity contribution is -0.115. The zero-order valence-electron chi connectivity index (χ0n) is 20.9. The van der Waals surface area contributed by atoms with Crippen LogP contribution in [0.4, 0.5) is 15.1 Å². The molecule has 3 aromatic rings. The molecule has 1 aromatic carbocycles. The number of carbonyl (C=O) groups excluding carboxylic acids is 2. The summed E-state index contributed by atoms with van der Waals surface area (Å²) in [7, 11) is 0. The van der Waals surface area contributed by atoms with Crippen LogP contribution in [0.2, 0.25) is 0 Å². The van der Waals surface area contributed by atoms with Gasteiger partial charge >= 0.3 is 0 Å². The highest BCUT2D eigenvalue weighted by Gasteiger charge is 2.25. The Morgan fingerprint density at radius 2 is 1.97 bits per heavy atom. The van der Waals surface area contributed by atoms with Gasteiger partial charge in [0.15, 0.2) is 0 Å². The SMILES string of the molecule is CC.O=C1NC(=O)/C(=C/c2ccnc(N3CCC(CNCc4cc(-c5ccsc5)ccc4F)CC3)n2)S1. The Balaban J connectivity index is 0.00000156. The zero-order valence-corrected chi connectivity index (χ0v) is 22.5. The first kappa shape index (κ1) is 27.0. The third kappa shape index (κ3) is 7.03. The molecule has 2 fully saturated rings. The molecule has 10 heteroatoms. The maximum Gasteiger partial charge on any atom is 0.290 e. The number of halogens is 1. The van der Waals surface area contributed by atoms with Crippen molar-refractivity contribution in [3.05, 3.63) is 69.3 Å². The maximum atomic E-state index is 14.3. The van der Waals surface area contributed by atoms with Crippen molar-refractivity contribution in [2.75, 3.05) is 24.5 Å². The summed E-state index contributed by atoms with van der Waals surface area (Å²) in [5.74, 6) is 0.528. The molecule has 194 valence electrons. The Morgan fingerprint density at radius 3 is 2.68 bits per heavy atom. The van der Waals surface area contributed by atoms with Crippen LogP contribution in [0.1, 0.15) is 37.9 Å². The van der Waals surface area contributed by atoms with E-state index in [9.17, 15) is 14.0 Å². The summed E-state index contributed by atoms with van der Waals surface area (Å²) in [6.07, 6.45) is 5.23. The van der Waals surface area contributed by atoms with Gasteiger partial charge in [-0.2, -0.15) is 11.3 Å². The van der Waals surface area contributed by atoms with Crippen molar-refractivity contribution in [1.82, 2.24) is 20.6 Å². The number of piperidine rings is 1. The predicted octanol–water partition coefficient (Wildman–Crippen LogP) is 5.70. The van der Waals surface area contributed by atoms with Crippen LogP contribution >= 0.6 is 23.1 Å². The van der Waals surface area contributed by atoms with Gasteiger partial charge in [0.25, 0.3) is 11.1 Å². The van der Waals surface area contributed by atoms with Crippen molar-refractivity contribution in [2.45, 2.75) is 33.2 Å². The number of hydrogen-bond acceptors (Lipinski definition) is 8. The molecule has 2 aliphatic heterocycles. The van der Waals surface area contributed by atoms with Gasteiger partial charge in [0.05, 0.1) is 10.6 Å². The Bertz CT molecular complexity index is 1260. The highest BCUT2D eigenvalue weighted by molar-refractivity contribution is 8.18. The van der Waals surface area contributed by atoms with Crippen molar-refractivity contribution in [3.8, 4) is 11.1 Å². The van der Waals surface area contributed by atoms with E-state index in [1.54, 1.807) is 35.7 Å². The minimum Gasteiger partial charge on any atom is -0.341 e. The number of benzene rings is 1. The molecule has 5 rings (SSSR count). The summed E-state index contributed by atoms with van der Waals surface area (Å²) in [5.41, 5.74) is 3.43. The molecule has 0 saturated carbocycles. The molecule has 2 saturated heterocycles. The van der Waals surface area contributed by atoms with E-state index in [0.29, 0.717) is 34.6 Å². The van der Waals surface area contributed by atoms with Crippen LogP contribution in [0.3, 0.4) is 0 Å². The second-order valence-electron chi connectivity index (χ2n) is 8.51. The van der Waals surface area contributed by atoms with Gasteiger partial charge < -0.3 is 10.2 Å². The highest BCUT2D eigenvalue weighted by Crippen LogP contribution is 2.27. The van der Waals surface area contributed by atoms with Gasteiger partial charge in [0.1, 0.15) is 5.82 Å². The first-order valence-corrected chi connectivity index (χ1v) is 14.2. The summed E-state index contributed by atoms with van der Waals surface area (Å²) < 4.78 is 14.3. The molecule has 0 unspecified atom stereocenters. The van der Waals surface area contributed by atoms with Crippen molar-refractivity contribution in [2.24, 2.45) is 5.92 Å². The van der Waals surface area contributed by atoms with Crippen molar-refractivity contribution in [3.63, 3.8) is 0 Å². The number of carbonyl (C=O) groups is 2. The lowest BCUT2D eigenvalue weighted by Gasteiger charge is -2.32. The second kappa shape index (κ2) is 12.9. The van der Waals surface area contributed by atoms with Gasteiger partial charge in [-0.15, -0.1) is 0 Å². The molecule has 2 amide bonds. The van der Waals surface area contributed by atoms with E-state index in [-0.39, 0.29) is 11.1 Å². The molecule has 7 nitrogen and oxygen atoms in total. The molecule has 37 heavy (non-hydrogen) atoms. The number of aromatic nitrogens is 2. The third-order valence-electron chi connectivity index (χ3n) is 6.13. The Labute approximate surface area is 224 Å². The number of nitrogens with zero attached hydrogens (tertiary/aromatic N) is 3. The minimum atomic E-state index is -0.397. The lowest BCUT2D eigenvalue weighted by Crippen LogP contribution is -2.38. The Morgan fingerprint density at radius 1 is 1.16 bits per heavy atom. The first-order chi connectivity index (χ1) is 18.0. The van der Waals surface area contributed by atoms with Crippen LogP contribution in [-0.4, -0.2) is 40.7 Å². The topological polar surface area (TPSA) is 87.2 Å². The predicted molar refractivity (Wildman–Crippen MR) is 149 cm³/mol. The number of imide groups is 1. The standard InChI is InChI=1S/C25H24FN5O2S2.C2H6/c26-21-2-1-17(18-6-10-34-15-18)11-19(21)14-27-13-16-4-8-31(9-5-16)24-28-7-3-20(29-24)12-22-23(32)30-25(33)35-22;1-2/h1-3,6-7,10-12,15-16,27H,4-5,8-9,13-14H2,(H,30,32,33);1-2H3/b22-12-;. The Hall–Kier alpha value is -3.08. The van der Waals surface area contributed by atoms with E-state index >= 15 is 0 Å². The first-order valence-electron chi connectivity index (χ1n) is 12.4. The molecule has 0 atom stereocenters. The zero-order chi connectivity index (χ0) is 26.2. The molecule has 4 heterocycles. The van der Waals surface area contributed by atoms with Gasteiger partial charge in [0.2, 0.25) is 5.95 Å². The highest BCUT2D eigenvalue weighted by atomic mass is 32.2. The van der Waals surface area contributed by atoms with Crippen LogP contribution in [0.5, 0.6) is 0 Å². The maximum absolute atomic E-state index is 14.3. The summed E-state index contributed by atoms with van der Waals surface area (Å²) >= 11 is 2.51. The summed E-state index contributed by atoms with van der Waals surface area (Å²) in [6, 6.07) is 9.06. The van der Waals surface area contributed by atoms with Gasteiger partial charge in [-0.1, -0.05) is 19.9 Å². The smallest absolute Gasteiger partial charge is 0.290 e. The average Bonchev–Trinajstić information content (AvgIpc) is 3.56. The number of thioether (sulfide) groups is 1. The molecule has 0 bridgehead atoms. The van der Waals surface area contributed by atoms with E-state index in [0.717, 1.165) is 55.4 Å². The van der Waals surface area contributed by atoms with Gasteiger partial charge in [0, 0.05) is 31.4 Å². The third-order valence-corrected chi connectivity index (χ3v) is 7.63. The fourth-order valence-electron chi connectivity index (χ4n) is 4.22. The number of thiophene rings is 1. The molecule has 2 aliphatic rings. The fourth-order valence-corrected chi connectivity index (χ4v) is 5.55. The molecular formula is C27H30FN5O2S2. The number of nitrogens with one attached hydrogen (secondary N) is 2. The Kier molecular flexibility index (Phi) is 9.43. The van der Waals surface area contributed by atoms with E-state index in [4.69, 9.17) is 0 Å². The molecule has 0 aliphatic carbocycles. The lowest BCUT2D eigenvalue weighted by atomic mass is 9.97. The van der Waals surface area contributed by atoms with E-state index in [1.165, 1.54) is 0 Å². The van der Waals surface area contributed by atoms with Crippen LogP contribution < -0.4 is 15.5 Å². The number of amides is 2. The molecule has 2 N–H and O–H groups in total. The largest absolute Gasteiger partial charge is 0.341 e. The van der Waals surface area contributed by atoms with Crippen molar-refractivity contribution < 1.29 is 14.0 Å². The average molecular weight is 540 g/mol. The monoisotopic (exact) mass is 539 g/mol. The fraction of sp³-hybridized carbons (Fsp3) is 0.333. The summed E-state index contributed by atoms with van der Waals surface area (Å²) in [5, 5.41) is 9.40. The quantitative estimate of drug-likeness (QED) is 0.373. The van der Waals surface area contributed by atoms with Gasteiger partial charge in [-0.05, 0) is 89.3 Å². The van der Waals surface area contributed by atoms with Crippen LogP contribution in [0, 0.1) is 11.7 Å². The summed E-state index contributed by atoms with van der Waals surface area (Å²) in [6.45, 7) is 6.96. The molecule has 2 aromatic heterocycles. The normalized spacial score (nSPS) is 17.1. The van der Waals surface area contributed by atoms with Crippen molar-refractivity contribution in [1.29, 1.82) is 0 Å². The number of anilines is 1. The summed E-state index contributed by atoms with van der Waals surface area (Å²) in [4.78, 5) is 34.6. The minimum absolute atomic E-state index is 0.184. The number of hydrogen-bond donors (Lipinski definition) is 2. The molecule has 0 radical (unpaired) electrons. The number of rotatable bonds is 7. The van der Waals surface area contributed by atoms with Gasteiger partial charge in [-0.25, -0.2) is 14.4 Å². The molecular weight excluding hydrogens is 509 g/mol. The van der Waals surface area contributed by atoms with E-state index < -0.39 is 5.91 Å². The van der Waals surface area contributed by atoms with Gasteiger partial charge in [-0.3, -0.25) is 14.9 Å². The van der Waals surface area contributed by atoms with Crippen LogP contribution in [0.15, 0.2) is 52.2 Å². The van der Waals surface area contributed by atoms with Crippen molar-refractivity contribution >= 4 is 46.3 Å². The van der Waals surface area contributed by atoms with E-state index in [2.05, 4.69) is 30.9 Å². The van der Waals surface area contributed by atoms with E-state index in [1.807, 2.05) is 37.4 Å².